The molecule has 0 radical (unpaired) electrons. The predicted octanol–water partition coefficient (Wildman–Crippen LogP) is 4.42. The van der Waals surface area contributed by atoms with Gasteiger partial charge in [-0.3, -0.25) is 9.88 Å². The van der Waals surface area contributed by atoms with Gasteiger partial charge in [0.15, 0.2) is 0 Å². The Morgan fingerprint density at radius 1 is 1.16 bits per heavy atom. The molecule has 3 heterocycles. The van der Waals surface area contributed by atoms with Gasteiger partial charge in [-0.25, -0.2) is 4.79 Å². The number of carbonyl (C=O) groups excluding carboxylic acids is 1. The van der Waals surface area contributed by atoms with Crippen LogP contribution in [0.25, 0.3) is 0 Å². The first kappa shape index (κ1) is 21.3. The number of aromatic nitrogens is 1. The molecule has 1 spiro atoms. The summed E-state index contributed by atoms with van der Waals surface area (Å²) in [5.74, 6) is 0.982. The van der Waals surface area contributed by atoms with E-state index in [2.05, 4.69) is 40.2 Å². The minimum atomic E-state index is -0.445. The second-order valence-electron chi connectivity index (χ2n) is 10.7. The zero-order chi connectivity index (χ0) is 22.3. The van der Waals surface area contributed by atoms with E-state index < -0.39 is 5.60 Å². The fourth-order valence-electron chi connectivity index (χ4n) is 5.20. The Balaban J connectivity index is 1.16. The topological polar surface area (TPSA) is 54.9 Å². The average Bonchev–Trinajstić information content (AvgIpc) is 2.68. The van der Waals surface area contributed by atoms with E-state index in [1.165, 1.54) is 16.8 Å². The van der Waals surface area contributed by atoms with Crippen molar-refractivity contribution in [3.8, 4) is 5.75 Å². The lowest BCUT2D eigenvalue weighted by atomic mass is 9.62. The Labute approximate surface area is 190 Å². The maximum absolute atomic E-state index is 12.2. The second kappa shape index (κ2) is 8.07. The van der Waals surface area contributed by atoms with Crippen molar-refractivity contribution in [3.63, 3.8) is 0 Å². The molecule has 3 aliphatic rings. The molecule has 2 aliphatic heterocycles. The standard InChI is InChI=1S/C26H33N3O3/c1-25(2,3)32-24(30)29-17-26(18-29)13-20(14-26)31-23-9-11-27-22-10-12-28(16-21(22)23)15-19-7-5-4-6-8-19/h4-9,11,20H,10,12-18H2,1-3H3. The van der Waals surface area contributed by atoms with Crippen molar-refractivity contribution in [3.05, 3.63) is 59.4 Å². The van der Waals surface area contributed by atoms with Gasteiger partial charge in [-0.2, -0.15) is 0 Å². The van der Waals surface area contributed by atoms with Crippen molar-refractivity contribution in [2.75, 3.05) is 19.6 Å². The number of amides is 1. The van der Waals surface area contributed by atoms with E-state index in [1.54, 1.807) is 0 Å². The number of carbonyl (C=O) groups is 1. The van der Waals surface area contributed by atoms with Gasteiger partial charge >= 0.3 is 6.09 Å². The molecule has 1 aliphatic carbocycles. The van der Waals surface area contributed by atoms with Crippen molar-refractivity contribution < 1.29 is 14.3 Å². The van der Waals surface area contributed by atoms with Gasteiger partial charge in [0.2, 0.25) is 0 Å². The summed E-state index contributed by atoms with van der Waals surface area (Å²) in [7, 11) is 0. The number of benzene rings is 1. The summed E-state index contributed by atoms with van der Waals surface area (Å²) in [4.78, 5) is 21.1. The molecule has 0 unspecified atom stereocenters. The smallest absolute Gasteiger partial charge is 0.410 e. The van der Waals surface area contributed by atoms with Crippen LogP contribution in [0.2, 0.25) is 0 Å². The van der Waals surface area contributed by atoms with Gasteiger partial charge in [-0.15, -0.1) is 0 Å². The van der Waals surface area contributed by atoms with Crippen molar-refractivity contribution in [1.29, 1.82) is 0 Å². The van der Waals surface area contributed by atoms with Crippen LogP contribution in [0.4, 0.5) is 4.79 Å². The Morgan fingerprint density at radius 2 is 1.91 bits per heavy atom. The third-order valence-corrected chi connectivity index (χ3v) is 6.72. The van der Waals surface area contributed by atoms with E-state index in [0.717, 1.165) is 57.7 Å². The van der Waals surface area contributed by atoms with E-state index in [0.29, 0.717) is 0 Å². The number of nitrogens with zero attached hydrogens (tertiary/aromatic N) is 3. The summed E-state index contributed by atoms with van der Waals surface area (Å²) in [6.07, 6.45) is 4.84. The van der Waals surface area contributed by atoms with E-state index in [4.69, 9.17) is 9.47 Å². The molecule has 32 heavy (non-hydrogen) atoms. The largest absolute Gasteiger partial charge is 0.490 e. The van der Waals surface area contributed by atoms with Gasteiger partial charge in [0, 0.05) is 62.0 Å². The Kier molecular flexibility index (Phi) is 5.36. The number of hydrogen-bond acceptors (Lipinski definition) is 5. The highest BCUT2D eigenvalue weighted by Crippen LogP contribution is 2.50. The normalized spacial score (nSPS) is 20.3. The van der Waals surface area contributed by atoms with E-state index >= 15 is 0 Å². The average molecular weight is 436 g/mol. The first-order chi connectivity index (χ1) is 15.3. The minimum absolute atomic E-state index is 0.200. The quantitative estimate of drug-likeness (QED) is 0.712. The molecule has 170 valence electrons. The third kappa shape index (κ3) is 4.46. The molecule has 0 N–H and O–H groups in total. The van der Waals surface area contributed by atoms with Gasteiger partial charge < -0.3 is 14.4 Å². The predicted molar refractivity (Wildman–Crippen MR) is 122 cm³/mol. The van der Waals surface area contributed by atoms with Crippen LogP contribution in [0.3, 0.4) is 0 Å². The van der Waals surface area contributed by atoms with Crippen molar-refractivity contribution in [1.82, 2.24) is 14.8 Å². The number of likely N-dealkylation sites (tertiary alicyclic amines) is 1. The Bertz CT molecular complexity index is 972. The van der Waals surface area contributed by atoms with Gasteiger partial charge in [-0.1, -0.05) is 30.3 Å². The van der Waals surface area contributed by atoms with E-state index in [-0.39, 0.29) is 17.6 Å². The van der Waals surface area contributed by atoms with Crippen LogP contribution in [-0.4, -0.2) is 52.2 Å². The van der Waals surface area contributed by atoms with Crippen molar-refractivity contribution >= 4 is 6.09 Å². The number of hydrogen-bond donors (Lipinski definition) is 0. The van der Waals surface area contributed by atoms with Gasteiger partial charge in [0.25, 0.3) is 0 Å². The molecular weight excluding hydrogens is 402 g/mol. The third-order valence-electron chi connectivity index (χ3n) is 6.72. The van der Waals surface area contributed by atoms with Crippen LogP contribution in [-0.2, 0) is 24.2 Å². The van der Waals surface area contributed by atoms with Gasteiger partial charge in [-0.05, 0) is 45.2 Å². The molecule has 1 saturated carbocycles. The molecule has 0 bridgehead atoms. The fraction of sp³-hybridized carbons (Fsp3) is 0.538. The molecule has 2 aromatic rings. The molecule has 1 aromatic heterocycles. The molecule has 0 atom stereocenters. The zero-order valence-electron chi connectivity index (χ0n) is 19.3. The Morgan fingerprint density at radius 3 is 2.62 bits per heavy atom. The number of ether oxygens (including phenoxy) is 2. The SMILES string of the molecule is CC(C)(C)OC(=O)N1CC2(CC(Oc3ccnc4c3CN(Cc3ccccc3)CC4)C2)C1. The fourth-order valence-corrected chi connectivity index (χ4v) is 5.20. The summed E-state index contributed by atoms with van der Waals surface area (Å²) in [5.41, 5.74) is 3.51. The van der Waals surface area contributed by atoms with Crippen LogP contribution in [0.15, 0.2) is 42.6 Å². The monoisotopic (exact) mass is 435 g/mol. The first-order valence-electron chi connectivity index (χ1n) is 11.7. The molecule has 5 rings (SSSR count). The molecule has 2 fully saturated rings. The highest BCUT2D eigenvalue weighted by atomic mass is 16.6. The summed E-state index contributed by atoms with van der Waals surface area (Å²) in [6, 6.07) is 12.6. The van der Waals surface area contributed by atoms with Crippen molar-refractivity contribution in [2.24, 2.45) is 5.41 Å². The maximum atomic E-state index is 12.2. The summed E-state index contributed by atoms with van der Waals surface area (Å²) in [6.45, 7) is 10.1. The lowest BCUT2D eigenvalue weighted by Gasteiger charge is -2.58. The molecular formula is C26H33N3O3. The molecule has 6 nitrogen and oxygen atoms in total. The zero-order valence-corrected chi connectivity index (χ0v) is 19.3. The summed E-state index contributed by atoms with van der Waals surface area (Å²) in [5, 5.41) is 0. The number of pyridine rings is 1. The molecule has 1 amide bonds. The van der Waals surface area contributed by atoms with Crippen LogP contribution < -0.4 is 4.74 Å². The second-order valence-corrected chi connectivity index (χ2v) is 10.7. The number of rotatable bonds is 4. The summed E-state index contributed by atoms with van der Waals surface area (Å²) < 4.78 is 11.9. The Hall–Kier alpha value is -2.60. The molecule has 6 heteroatoms. The first-order valence-corrected chi connectivity index (χ1v) is 11.7. The van der Waals surface area contributed by atoms with Crippen LogP contribution in [0.5, 0.6) is 5.75 Å². The summed E-state index contributed by atoms with van der Waals surface area (Å²) >= 11 is 0. The number of fused-ring (bicyclic) bond motifs is 1. The van der Waals surface area contributed by atoms with Crippen LogP contribution in [0.1, 0.15) is 50.4 Å². The highest BCUT2D eigenvalue weighted by Gasteiger charge is 2.55. The maximum Gasteiger partial charge on any atom is 0.410 e. The lowest BCUT2D eigenvalue weighted by molar-refractivity contribution is -0.117. The lowest BCUT2D eigenvalue weighted by Crippen LogP contribution is -2.66. The van der Waals surface area contributed by atoms with Crippen LogP contribution >= 0.6 is 0 Å². The van der Waals surface area contributed by atoms with E-state index in [9.17, 15) is 4.79 Å². The molecule has 1 saturated heterocycles. The van der Waals surface area contributed by atoms with Crippen LogP contribution in [0, 0.1) is 5.41 Å². The van der Waals surface area contributed by atoms with Crippen molar-refractivity contribution in [2.45, 2.75) is 64.8 Å². The minimum Gasteiger partial charge on any atom is -0.490 e. The van der Waals surface area contributed by atoms with Gasteiger partial charge in [0.1, 0.15) is 17.5 Å². The van der Waals surface area contributed by atoms with E-state index in [1.807, 2.05) is 37.9 Å². The highest BCUT2D eigenvalue weighted by molar-refractivity contribution is 5.69. The molecule has 1 aromatic carbocycles. The van der Waals surface area contributed by atoms with Gasteiger partial charge in [0.05, 0.1) is 0 Å².